The number of halogens is 4. The second kappa shape index (κ2) is 7.59. The monoisotopic (exact) mass is 299 g/mol. The third-order valence-corrected chi connectivity index (χ3v) is 4.49. The molecule has 0 aliphatic heterocycles. The Morgan fingerprint density at radius 2 is 1.85 bits per heavy atom. The Morgan fingerprint density at radius 3 is 2.35 bits per heavy atom. The molecule has 1 saturated carbocycles. The van der Waals surface area contributed by atoms with Crippen molar-refractivity contribution in [3.63, 3.8) is 0 Å². The van der Waals surface area contributed by atoms with Crippen LogP contribution in [-0.4, -0.2) is 38.7 Å². The van der Waals surface area contributed by atoms with Crippen molar-refractivity contribution in [2.24, 2.45) is 17.8 Å². The van der Waals surface area contributed by atoms with Crippen LogP contribution < -0.4 is 5.32 Å². The fraction of sp³-hybridized carbons (Fsp3) is 1.00. The molecule has 0 bridgehead atoms. The molecule has 0 aromatic rings. The molecule has 1 aliphatic carbocycles. The lowest BCUT2D eigenvalue weighted by molar-refractivity contribution is -0.168. The fourth-order valence-electron chi connectivity index (χ4n) is 2.79. The van der Waals surface area contributed by atoms with E-state index >= 15 is 0 Å². The molecule has 1 N–H and O–H groups in total. The number of hydrogen-bond donors (Lipinski definition) is 1. The topological polar surface area (TPSA) is 21.3 Å². The van der Waals surface area contributed by atoms with Gasteiger partial charge in [-0.15, -0.1) is 0 Å². The highest BCUT2D eigenvalue weighted by Gasteiger charge is 2.41. The summed E-state index contributed by atoms with van der Waals surface area (Å²) < 4.78 is 54.4. The van der Waals surface area contributed by atoms with Crippen molar-refractivity contribution < 1.29 is 22.3 Å². The summed E-state index contributed by atoms with van der Waals surface area (Å²) in [5, 5.41) is 3.07. The largest absolute Gasteiger partial charge is 0.373 e. The molecule has 0 radical (unpaired) electrons. The van der Waals surface area contributed by atoms with Gasteiger partial charge in [-0.2, -0.15) is 8.78 Å². The highest BCUT2D eigenvalue weighted by Crippen LogP contribution is 2.35. The maximum atomic E-state index is 12.8. The van der Waals surface area contributed by atoms with Gasteiger partial charge in [-0.05, 0) is 37.6 Å². The van der Waals surface area contributed by atoms with Gasteiger partial charge in [0, 0.05) is 6.04 Å². The van der Waals surface area contributed by atoms with Crippen LogP contribution in [0.4, 0.5) is 17.6 Å². The summed E-state index contributed by atoms with van der Waals surface area (Å²) in [4.78, 5) is 0. The first-order valence-electron chi connectivity index (χ1n) is 7.19. The van der Waals surface area contributed by atoms with Gasteiger partial charge in [-0.3, -0.25) is 0 Å². The van der Waals surface area contributed by atoms with E-state index in [9.17, 15) is 17.6 Å². The zero-order chi connectivity index (χ0) is 15.3. The van der Waals surface area contributed by atoms with Crippen molar-refractivity contribution >= 4 is 0 Å². The van der Waals surface area contributed by atoms with Crippen LogP contribution in [0, 0.1) is 17.8 Å². The highest BCUT2D eigenvalue weighted by molar-refractivity contribution is 4.83. The van der Waals surface area contributed by atoms with Crippen molar-refractivity contribution in [3.8, 4) is 0 Å². The minimum absolute atomic E-state index is 0.0462. The van der Waals surface area contributed by atoms with Crippen LogP contribution in [0.1, 0.15) is 33.1 Å². The number of alkyl halides is 4. The normalized spacial score (nSPS) is 29.7. The third-order valence-electron chi connectivity index (χ3n) is 4.49. The van der Waals surface area contributed by atoms with E-state index in [-0.39, 0.29) is 12.6 Å². The first-order chi connectivity index (χ1) is 9.27. The van der Waals surface area contributed by atoms with Gasteiger partial charge in [0.2, 0.25) is 0 Å². The molecular formula is C14H25F4NO. The van der Waals surface area contributed by atoms with Gasteiger partial charge in [-0.25, -0.2) is 8.78 Å². The van der Waals surface area contributed by atoms with Crippen molar-refractivity contribution in [1.82, 2.24) is 5.32 Å². The van der Waals surface area contributed by atoms with Crippen LogP contribution in [0.3, 0.4) is 0 Å². The van der Waals surface area contributed by atoms with Crippen molar-refractivity contribution in [2.75, 3.05) is 20.3 Å². The Bertz CT molecular complexity index is 288. The lowest BCUT2D eigenvalue weighted by atomic mass is 9.73. The summed E-state index contributed by atoms with van der Waals surface area (Å²) in [6, 6.07) is -0.0570. The molecule has 0 heterocycles. The molecular weight excluding hydrogens is 274 g/mol. The zero-order valence-corrected chi connectivity index (χ0v) is 12.3. The minimum atomic E-state index is -4.06. The predicted molar refractivity (Wildman–Crippen MR) is 70.3 cm³/mol. The predicted octanol–water partition coefficient (Wildman–Crippen LogP) is 3.56. The lowest BCUT2D eigenvalue weighted by Gasteiger charge is -2.36. The summed E-state index contributed by atoms with van der Waals surface area (Å²) in [5.74, 6) is -2.45. The average molecular weight is 299 g/mol. The second-order valence-electron chi connectivity index (χ2n) is 6.00. The average Bonchev–Trinajstić information content (AvgIpc) is 2.38. The van der Waals surface area contributed by atoms with Gasteiger partial charge in [-0.1, -0.05) is 20.3 Å². The summed E-state index contributed by atoms with van der Waals surface area (Å²) >= 11 is 0. The number of rotatable bonds is 7. The third kappa shape index (κ3) is 4.88. The summed E-state index contributed by atoms with van der Waals surface area (Å²) in [7, 11) is 1.75. The van der Waals surface area contributed by atoms with Crippen molar-refractivity contribution in [1.29, 1.82) is 0 Å². The van der Waals surface area contributed by atoms with E-state index in [2.05, 4.69) is 19.2 Å². The maximum absolute atomic E-state index is 12.8. The SMILES string of the molecule is CNC(COCC(F)(F)C(F)F)C1CCC(C)C(C)C1. The fourth-order valence-corrected chi connectivity index (χ4v) is 2.79. The molecule has 0 spiro atoms. The van der Waals surface area contributed by atoms with Crippen LogP contribution >= 0.6 is 0 Å². The summed E-state index contributed by atoms with van der Waals surface area (Å²) in [5.41, 5.74) is 0. The molecule has 6 heteroatoms. The van der Waals surface area contributed by atoms with E-state index in [1.165, 1.54) is 0 Å². The van der Waals surface area contributed by atoms with Crippen molar-refractivity contribution in [2.45, 2.75) is 51.5 Å². The molecule has 0 aromatic heterocycles. The smallest absolute Gasteiger partial charge is 0.330 e. The number of hydrogen-bond acceptors (Lipinski definition) is 2. The number of nitrogens with one attached hydrogen (secondary N) is 1. The van der Waals surface area contributed by atoms with Gasteiger partial charge in [0.05, 0.1) is 6.61 Å². The van der Waals surface area contributed by atoms with Crippen LogP contribution in [0.2, 0.25) is 0 Å². The van der Waals surface area contributed by atoms with Gasteiger partial charge in [0.25, 0.3) is 0 Å². The molecule has 0 aromatic carbocycles. The molecule has 4 unspecified atom stereocenters. The maximum Gasteiger partial charge on any atom is 0.330 e. The Labute approximate surface area is 118 Å². The molecule has 4 atom stereocenters. The summed E-state index contributed by atoms with van der Waals surface area (Å²) in [6.07, 6.45) is -0.532. The molecule has 20 heavy (non-hydrogen) atoms. The Kier molecular flexibility index (Phi) is 6.72. The van der Waals surface area contributed by atoms with Gasteiger partial charge < -0.3 is 10.1 Å². The second-order valence-corrected chi connectivity index (χ2v) is 6.00. The molecule has 0 saturated heterocycles. The molecule has 0 amide bonds. The van der Waals surface area contributed by atoms with Crippen LogP contribution in [0.15, 0.2) is 0 Å². The lowest BCUT2D eigenvalue weighted by Crippen LogP contribution is -2.42. The molecule has 1 aliphatic rings. The first-order valence-corrected chi connectivity index (χ1v) is 7.19. The highest BCUT2D eigenvalue weighted by atomic mass is 19.3. The Morgan fingerprint density at radius 1 is 1.20 bits per heavy atom. The van der Waals surface area contributed by atoms with E-state index in [0.717, 1.165) is 19.3 Å². The van der Waals surface area contributed by atoms with Gasteiger partial charge in [0.1, 0.15) is 6.61 Å². The van der Waals surface area contributed by atoms with Crippen molar-refractivity contribution in [3.05, 3.63) is 0 Å². The standard InChI is InChI=1S/C14H25F4NO/c1-9-4-5-11(6-10(9)2)12(19-3)7-20-8-14(17,18)13(15)16/h9-13,19H,4-8H2,1-3H3. The Balaban J connectivity index is 2.40. The van der Waals surface area contributed by atoms with Gasteiger partial charge in [0.15, 0.2) is 0 Å². The number of likely N-dealkylation sites (N-methyl/N-ethyl adjacent to an activating group) is 1. The zero-order valence-electron chi connectivity index (χ0n) is 12.3. The van der Waals surface area contributed by atoms with Crippen LogP contribution in [0.25, 0.3) is 0 Å². The van der Waals surface area contributed by atoms with E-state index in [1.54, 1.807) is 7.05 Å². The van der Waals surface area contributed by atoms with E-state index in [1.807, 2.05) is 0 Å². The van der Waals surface area contributed by atoms with Gasteiger partial charge >= 0.3 is 12.3 Å². The van der Waals surface area contributed by atoms with Crippen LogP contribution in [-0.2, 0) is 4.74 Å². The first kappa shape index (κ1) is 17.7. The Hall–Kier alpha value is -0.360. The van der Waals surface area contributed by atoms with E-state index in [0.29, 0.717) is 17.8 Å². The molecule has 1 rings (SSSR count). The molecule has 120 valence electrons. The summed E-state index contributed by atoms with van der Waals surface area (Å²) in [6.45, 7) is 3.23. The van der Waals surface area contributed by atoms with E-state index < -0.39 is 19.0 Å². The molecule has 2 nitrogen and oxygen atoms in total. The quantitative estimate of drug-likeness (QED) is 0.726. The molecule has 1 fully saturated rings. The van der Waals surface area contributed by atoms with Crippen LogP contribution in [0.5, 0.6) is 0 Å². The van der Waals surface area contributed by atoms with E-state index in [4.69, 9.17) is 4.74 Å². The number of ether oxygens (including phenoxy) is 1. The minimum Gasteiger partial charge on any atom is -0.373 e.